The van der Waals surface area contributed by atoms with Gasteiger partial charge in [0.25, 0.3) is 0 Å². The van der Waals surface area contributed by atoms with Gasteiger partial charge in [0.2, 0.25) is 0 Å². The summed E-state index contributed by atoms with van der Waals surface area (Å²) in [6.45, 7) is 0.475. The maximum atomic E-state index is 10.2. The molecule has 0 saturated heterocycles. The molecule has 0 saturated carbocycles. The van der Waals surface area contributed by atoms with E-state index in [1.54, 1.807) is 6.08 Å². The average Bonchev–Trinajstić information content (AvgIpc) is 2.24. The molecule has 0 heterocycles. The molecule has 0 aliphatic rings. The molecule has 0 aromatic heterocycles. The summed E-state index contributed by atoms with van der Waals surface area (Å²) in [7, 11) is 0. The van der Waals surface area contributed by atoms with Crippen LogP contribution in [0.15, 0.2) is 42.5 Å². The first kappa shape index (κ1) is 11.2. The highest BCUT2D eigenvalue weighted by molar-refractivity contribution is 5.80. The van der Waals surface area contributed by atoms with Gasteiger partial charge >= 0.3 is 5.97 Å². The Balaban J connectivity index is 2.75. The number of allylic oxidation sites excluding steroid dienone is 2. The fourth-order valence-electron chi connectivity index (χ4n) is 1.18. The Kier molecular flexibility index (Phi) is 4.31. The summed E-state index contributed by atoms with van der Waals surface area (Å²) in [6.07, 6.45) is 6.08. The highest BCUT2D eigenvalue weighted by atomic mass is 16.4. The third-order valence-corrected chi connectivity index (χ3v) is 1.90. The lowest BCUT2D eigenvalue weighted by Crippen LogP contribution is -1.97. The Hall–Kier alpha value is -1.87. The van der Waals surface area contributed by atoms with Crippen LogP contribution in [0.5, 0.6) is 0 Å². The van der Waals surface area contributed by atoms with Gasteiger partial charge in [0, 0.05) is 12.6 Å². The van der Waals surface area contributed by atoms with Crippen molar-refractivity contribution in [2.45, 2.75) is 6.54 Å². The molecule has 0 radical (unpaired) electrons. The van der Waals surface area contributed by atoms with Crippen LogP contribution in [0.3, 0.4) is 0 Å². The Morgan fingerprint density at radius 2 is 2.07 bits per heavy atom. The predicted molar refractivity (Wildman–Crippen MR) is 60.1 cm³/mol. The van der Waals surface area contributed by atoms with Crippen LogP contribution in [0.4, 0.5) is 0 Å². The van der Waals surface area contributed by atoms with Crippen LogP contribution < -0.4 is 5.73 Å². The fraction of sp³-hybridized carbons (Fsp3) is 0.0833. The Morgan fingerprint density at radius 3 is 2.73 bits per heavy atom. The van der Waals surface area contributed by atoms with Crippen LogP contribution in [0.2, 0.25) is 0 Å². The number of carboxylic acid groups (broad SMARTS) is 1. The van der Waals surface area contributed by atoms with Crippen LogP contribution in [0.25, 0.3) is 6.08 Å². The van der Waals surface area contributed by atoms with Gasteiger partial charge in [0.05, 0.1) is 0 Å². The van der Waals surface area contributed by atoms with E-state index in [1.165, 1.54) is 6.08 Å². The minimum atomic E-state index is -0.952. The minimum absolute atomic E-state index is 0.475. The van der Waals surface area contributed by atoms with Gasteiger partial charge in [-0.1, -0.05) is 42.5 Å². The Morgan fingerprint density at radius 1 is 1.33 bits per heavy atom. The van der Waals surface area contributed by atoms with Crippen LogP contribution in [0, 0.1) is 0 Å². The van der Waals surface area contributed by atoms with Gasteiger partial charge in [-0.2, -0.15) is 0 Å². The third-order valence-electron chi connectivity index (χ3n) is 1.90. The Labute approximate surface area is 88.5 Å². The lowest BCUT2D eigenvalue weighted by atomic mass is 10.1. The van der Waals surface area contributed by atoms with Crippen molar-refractivity contribution in [1.82, 2.24) is 0 Å². The Bertz CT molecular complexity index is 394. The molecule has 0 fully saturated rings. The summed E-state index contributed by atoms with van der Waals surface area (Å²) in [6, 6.07) is 7.72. The smallest absolute Gasteiger partial charge is 0.328 e. The lowest BCUT2D eigenvalue weighted by molar-refractivity contribution is -0.131. The molecule has 0 amide bonds. The average molecular weight is 203 g/mol. The summed E-state index contributed by atoms with van der Waals surface area (Å²) < 4.78 is 0. The normalized spacial score (nSPS) is 11.3. The first-order valence-electron chi connectivity index (χ1n) is 4.59. The molecule has 15 heavy (non-hydrogen) atoms. The van der Waals surface area contributed by atoms with Crippen molar-refractivity contribution in [2.75, 3.05) is 0 Å². The van der Waals surface area contributed by atoms with E-state index in [1.807, 2.05) is 30.3 Å². The van der Waals surface area contributed by atoms with Crippen molar-refractivity contribution < 1.29 is 9.90 Å². The number of carbonyl (C=O) groups is 1. The maximum absolute atomic E-state index is 10.2. The summed E-state index contributed by atoms with van der Waals surface area (Å²) in [5.74, 6) is -0.952. The summed E-state index contributed by atoms with van der Waals surface area (Å²) in [5.41, 5.74) is 7.61. The lowest BCUT2D eigenvalue weighted by Gasteiger charge is -2.00. The van der Waals surface area contributed by atoms with Gasteiger partial charge in [0.1, 0.15) is 0 Å². The van der Waals surface area contributed by atoms with Crippen LogP contribution in [-0.2, 0) is 11.3 Å². The molecule has 3 heteroatoms. The topological polar surface area (TPSA) is 63.3 Å². The number of hydrogen-bond acceptors (Lipinski definition) is 2. The van der Waals surface area contributed by atoms with Crippen LogP contribution in [-0.4, -0.2) is 11.1 Å². The number of benzene rings is 1. The van der Waals surface area contributed by atoms with E-state index in [4.69, 9.17) is 10.8 Å². The van der Waals surface area contributed by atoms with Crippen LogP contribution in [0.1, 0.15) is 11.1 Å². The van der Waals surface area contributed by atoms with Crippen molar-refractivity contribution in [3.8, 4) is 0 Å². The minimum Gasteiger partial charge on any atom is -0.478 e. The molecule has 0 aliphatic carbocycles. The van der Waals surface area contributed by atoms with Crippen molar-refractivity contribution in [3.05, 3.63) is 53.6 Å². The molecule has 0 spiro atoms. The van der Waals surface area contributed by atoms with E-state index in [2.05, 4.69) is 0 Å². The van der Waals surface area contributed by atoms with Gasteiger partial charge in [-0.3, -0.25) is 0 Å². The van der Waals surface area contributed by atoms with Gasteiger partial charge < -0.3 is 10.8 Å². The standard InChI is InChI=1S/C12H13NO2/c13-9-11-7-2-1-5-10(11)6-3-4-8-12(14)15/h1-8H,9,13H2,(H,14,15). The zero-order valence-electron chi connectivity index (χ0n) is 8.26. The number of aliphatic carboxylic acids is 1. The van der Waals surface area contributed by atoms with E-state index in [0.717, 1.165) is 17.2 Å². The maximum Gasteiger partial charge on any atom is 0.328 e. The van der Waals surface area contributed by atoms with Crippen LogP contribution >= 0.6 is 0 Å². The molecule has 3 N–H and O–H groups in total. The monoisotopic (exact) mass is 203 g/mol. The summed E-state index contributed by atoms with van der Waals surface area (Å²) >= 11 is 0. The SMILES string of the molecule is NCc1ccccc1C=CC=CC(=O)O. The molecule has 3 nitrogen and oxygen atoms in total. The van der Waals surface area contributed by atoms with E-state index >= 15 is 0 Å². The largest absolute Gasteiger partial charge is 0.478 e. The zero-order valence-corrected chi connectivity index (χ0v) is 8.26. The third kappa shape index (κ3) is 3.79. The predicted octanol–water partition coefficient (Wildman–Crippen LogP) is 1.80. The first-order valence-corrected chi connectivity index (χ1v) is 4.59. The second kappa shape index (κ2) is 5.78. The zero-order chi connectivity index (χ0) is 11.1. The quantitative estimate of drug-likeness (QED) is 0.579. The molecule has 1 aromatic carbocycles. The molecule has 0 aliphatic heterocycles. The van der Waals surface area contributed by atoms with E-state index < -0.39 is 5.97 Å². The van der Waals surface area contributed by atoms with Gasteiger partial charge in [-0.05, 0) is 11.1 Å². The van der Waals surface area contributed by atoms with Gasteiger partial charge in [0.15, 0.2) is 0 Å². The molecule has 0 atom stereocenters. The molecular formula is C12H13NO2. The second-order valence-electron chi connectivity index (χ2n) is 2.96. The van der Waals surface area contributed by atoms with Crippen molar-refractivity contribution in [2.24, 2.45) is 5.73 Å². The molecule has 78 valence electrons. The van der Waals surface area contributed by atoms with Gasteiger partial charge in [-0.15, -0.1) is 0 Å². The van der Waals surface area contributed by atoms with E-state index in [-0.39, 0.29) is 0 Å². The fourth-order valence-corrected chi connectivity index (χ4v) is 1.18. The number of carboxylic acids is 1. The second-order valence-corrected chi connectivity index (χ2v) is 2.96. The highest BCUT2D eigenvalue weighted by Gasteiger charge is 1.93. The number of hydrogen-bond donors (Lipinski definition) is 2. The summed E-state index contributed by atoms with van der Waals surface area (Å²) in [4.78, 5) is 10.2. The van der Waals surface area contributed by atoms with Gasteiger partial charge in [-0.25, -0.2) is 4.79 Å². The molecule has 0 unspecified atom stereocenters. The summed E-state index contributed by atoms with van der Waals surface area (Å²) in [5, 5.41) is 8.37. The number of nitrogens with two attached hydrogens (primary N) is 1. The first-order chi connectivity index (χ1) is 7.24. The molecule has 0 bridgehead atoms. The molecular weight excluding hydrogens is 190 g/mol. The number of rotatable bonds is 4. The van der Waals surface area contributed by atoms with Crippen molar-refractivity contribution in [3.63, 3.8) is 0 Å². The van der Waals surface area contributed by atoms with E-state index in [0.29, 0.717) is 6.54 Å². The van der Waals surface area contributed by atoms with Crippen molar-refractivity contribution >= 4 is 12.0 Å². The molecule has 1 rings (SSSR count). The highest BCUT2D eigenvalue weighted by Crippen LogP contribution is 2.09. The molecule has 1 aromatic rings. The van der Waals surface area contributed by atoms with E-state index in [9.17, 15) is 4.79 Å². The van der Waals surface area contributed by atoms with Crippen molar-refractivity contribution in [1.29, 1.82) is 0 Å².